The van der Waals surface area contributed by atoms with Gasteiger partial charge >= 0.3 is 0 Å². The van der Waals surface area contributed by atoms with Crippen LogP contribution in [0.1, 0.15) is 17.0 Å². The molecule has 4 rings (SSSR count). The van der Waals surface area contributed by atoms with Gasteiger partial charge in [0.25, 0.3) is 5.56 Å². The van der Waals surface area contributed by atoms with Crippen LogP contribution in [0, 0.1) is 11.3 Å². The van der Waals surface area contributed by atoms with E-state index in [4.69, 9.17) is 9.47 Å². The number of methoxy groups -OCH3 is 1. The highest BCUT2D eigenvalue weighted by molar-refractivity contribution is 9.10. The summed E-state index contributed by atoms with van der Waals surface area (Å²) >= 11 is 3.35. The molecule has 4 aromatic rings. The molecule has 0 fully saturated rings. The van der Waals surface area contributed by atoms with Crippen LogP contribution in [0.15, 0.2) is 76.0 Å². The van der Waals surface area contributed by atoms with Gasteiger partial charge < -0.3 is 14.5 Å². The first kappa shape index (κ1) is 21.3. The lowest BCUT2D eigenvalue weighted by molar-refractivity contribution is 0.284. The van der Waals surface area contributed by atoms with E-state index in [1.165, 1.54) is 0 Å². The van der Waals surface area contributed by atoms with Gasteiger partial charge in [0.1, 0.15) is 12.7 Å². The Bertz CT molecular complexity index is 1410. The number of H-pyrrole nitrogens is 1. The lowest BCUT2D eigenvalue weighted by atomic mass is 10.1. The highest BCUT2D eigenvalue weighted by Crippen LogP contribution is 2.30. The number of ether oxygens (including phenoxy) is 2. The molecule has 0 aliphatic rings. The van der Waals surface area contributed by atoms with E-state index in [-0.39, 0.29) is 17.0 Å². The molecule has 0 aliphatic heterocycles. The molecule has 0 saturated carbocycles. The second kappa shape index (κ2) is 9.50. The molecule has 6 nitrogen and oxygen atoms in total. The standard InChI is InChI=1S/C25H18BrN3O3/c1-31-23-12-17(7-10-22(23)32-15-16-5-3-2-4-6-16)11-18(14-27)24-28-21-9-8-19(26)13-20(21)25(30)29-24/h2-13H,15H2,1H3,(H,28,29,30)/b18-11+. The summed E-state index contributed by atoms with van der Waals surface area (Å²) in [5.74, 6) is 1.34. The molecule has 0 aliphatic carbocycles. The number of rotatable bonds is 6. The van der Waals surface area contributed by atoms with Crippen LogP contribution in [0.5, 0.6) is 11.5 Å². The number of benzene rings is 3. The molecular formula is C25H18BrN3O3. The average Bonchev–Trinajstić information content (AvgIpc) is 2.82. The minimum Gasteiger partial charge on any atom is -0.493 e. The molecule has 3 aromatic carbocycles. The Labute approximate surface area is 192 Å². The fourth-order valence-electron chi connectivity index (χ4n) is 3.19. The summed E-state index contributed by atoms with van der Waals surface area (Å²) in [5.41, 5.74) is 2.18. The third-order valence-electron chi connectivity index (χ3n) is 4.78. The van der Waals surface area contributed by atoms with Gasteiger partial charge in [0.05, 0.1) is 23.6 Å². The van der Waals surface area contributed by atoms with Crippen LogP contribution in [0.25, 0.3) is 22.6 Å². The van der Waals surface area contributed by atoms with Crippen molar-refractivity contribution in [2.75, 3.05) is 7.11 Å². The summed E-state index contributed by atoms with van der Waals surface area (Å²) in [6.07, 6.45) is 1.65. The van der Waals surface area contributed by atoms with E-state index >= 15 is 0 Å². The van der Waals surface area contributed by atoms with Gasteiger partial charge in [-0.3, -0.25) is 4.79 Å². The topological polar surface area (TPSA) is 88.0 Å². The Kier molecular flexibility index (Phi) is 6.34. The predicted molar refractivity (Wildman–Crippen MR) is 127 cm³/mol. The van der Waals surface area contributed by atoms with Gasteiger partial charge in [-0.15, -0.1) is 0 Å². The van der Waals surface area contributed by atoms with Crippen molar-refractivity contribution < 1.29 is 9.47 Å². The summed E-state index contributed by atoms with van der Waals surface area (Å²) in [5, 5.41) is 10.1. The maximum Gasteiger partial charge on any atom is 0.259 e. The number of aromatic amines is 1. The van der Waals surface area contributed by atoms with Crippen LogP contribution < -0.4 is 15.0 Å². The van der Waals surface area contributed by atoms with Crippen molar-refractivity contribution in [1.82, 2.24) is 9.97 Å². The second-order valence-corrected chi connectivity index (χ2v) is 7.85. The number of nitrogens with one attached hydrogen (secondary N) is 1. The van der Waals surface area contributed by atoms with Crippen LogP contribution in [0.2, 0.25) is 0 Å². The van der Waals surface area contributed by atoms with Gasteiger partial charge in [-0.2, -0.15) is 5.26 Å². The Morgan fingerprint density at radius 3 is 2.69 bits per heavy atom. The van der Waals surface area contributed by atoms with Gasteiger partial charge in [-0.1, -0.05) is 52.3 Å². The molecule has 0 atom stereocenters. The fraction of sp³-hybridized carbons (Fsp3) is 0.0800. The van der Waals surface area contributed by atoms with Crippen molar-refractivity contribution in [1.29, 1.82) is 5.26 Å². The highest BCUT2D eigenvalue weighted by Gasteiger charge is 2.11. The number of aromatic nitrogens is 2. The van der Waals surface area contributed by atoms with E-state index < -0.39 is 0 Å². The molecule has 32 heavy (non-hydrogen) atoms. The first-order valence-corrected chi connectivity index (χ1v) is 10.5. The Hall–Kier alpha value is -3.89. The first-order chi connectivity index (χ1) is 15.6. The van der Waals surface area contributed by atoms with E-state index in [2.05, 4.69) is 32.0 Å². The number of hydrogen-bond donors (Lipinski definition) is 1. The van der Waals surface area contributed by atoms with Crippen molar-refractivity contribution in [2.45, 2.75) is 6.61 Å². The van der Waals surface area contributed by atoms with E-state index in [0.29, 0.717) is 34.6 Å². The third-order valence-corrected chi connectivity index (χ3v) is 5.27. The van der Waals surface area contributed by atoms with Crippen LogP contribution in [0.4, 0.5) is 0 Å². The molecule has 0 saturated heterocycles. The van der Waals surface area contributed by atoms with Crippen molar-refractivity contribution >= 4 is 38.5 Å². The van der Waals surface area contributed by atoms with E-state index in [1.807, 2.05) is 36.4 Å². The lowest BCUT2D eigenvalue weighted by Crippen LogP contribution is -2.11. The van der Waals surface area contributed by atoms with Crippen LogP contribution >= 0.6 is 15.9 Å². The van der Waals surface area contributed by atoms with Gasteiger partial charge in [-0.25, -0.2) is 4.98 Å². The molecule has 158 valence electrons. The average molecular weight is 488 g/mol. The van der Waals surface area contributed by atoms with Crippen molar-refractivity contribution in [3.8, 4) is 17.6 Å². The Morgan fingerprint density at radius 2 is 1.94 bits per heavy atom. The number of fused-ring (bicyclic) bond motifs is 1. The summed E-state index contributed by atoms with van der Waals surface area (Å²) in [4.78, 5) is 19.6. The fourth-order valence-corrected chi connectivity index (χ4v) is 3.55. The Morgan fingerprint density at radius 1 is 1.12 bits per heavy atom. The van der Waals surface area contributed by atoms with Gasteiger partial charge in [-0.05, 0) is 47.5 Å². The molecule has 0 radical (unpaired) electrons. The Balaban J connectivity index is 1.64. The maximum atomic E-state index is 12.5. The first-order valence-electron chi connectivity index (χ1n) is 9.74. The number of hydrogen-bond acceptors (Lipinski definition) is 5. The molecule has 0 bridgehead atoms. The molecule has 1 heterocycles. The van der Waals surface area contributed by atoms with E-state index in [1.54, 1.807) is 43.5 Å². The molecule has 0 unspecified atom stereocenters. The normalized spacial score (nSPS) is 11.2. The molecular weight excluding hydrogens is 470 g/mol. The smallest absolute Gasteiger partial charge is 0.259 e. The summed E-state index contributed by atoms with van der Waals surface area (Å²) < 4.78 is 12.1. The minimum absolute atomic E-state index is 0.204. The minimum atomic E-state index is -0.310. The zero-order chi connectivity index (χ0) is 22.5. The monoisotopic (exact) mass is 487 g/mol. The molecule has 1 aromatic heterocycles. The summed E-state index contributed by atoms with van der Waals surface area (Å²) in [6.45, 7) is 0.411. The predicted octanol–water partition coefficient (Wildman–Crippen LogP) is 5.34. The van der Waals surface area contributed by atoms with E-state index in [9.17, 15) is 10.1 Å². The second-order valence-electron chi connectivity index (χ2n) is 6.93. The van der Waals surface area contributed by atoms with Crippen molar-refractivity contribution in [2.24, 2.45) is 0 Å². The largest absolute Gasteiger partial charge is 0.493 e. The van der Waals surface area contributed by atoms with Crippen molar-refractivity contribution in [3.63, 3.8) is 0 Å². The number of halogens is 1. The summed E-state index contributed by atoms with van der Waals surface area (Å²) in [7, 11) is 1.56. The van der Waals surface area contributed by atoms with E-state index in [0.717, 1.165) is 10.0 Å². The van der Waals surface area contributed by atoms with Gasteiger partial charge in [0, 0.05) is 4.47 Å². The number of nitriles is 1. The molecule has 1 N–H and O–H groups in total. The summed E-state index contributed by atoms with van der Waals surface area (Å²) in [6, 6.07) is 22.6. The number of nitrogens with zero attached hydrogens (tertiary/aromatic N) is 2. The third kappa shape index (κ3) is 4.71. The molecule has 0 amide bonds. The van der Waals surface area contributed by atoms with Gasteiger partial charge in [0.15, 0.2) is 17.3 Å². The van der Waals surface area contributed by atoms with Crippen LogP contribution in [-0.4, -0.2) is 17.1 Å². The number of allylic oxidation sites excluding steroid dienone is 1. The SMILES string of the molecule is COc1cc(/C=C(\C#N)c2nc3ccc(Br)cc3c(=O)[nH]2)ccc1OCc1ccccc1. The zero-order valence-electron chi connectivity index (χ0n) is 17.1. The molecule has 7 heteroatoms. The maximum absolute atomic E-state index is 12.5. The van der Waals surface area contributed by atoms with Crippen LogP contribution in [0.3, 0.4) is 0 Å². The zero-order valence-corrected chi connectivity index (χ0v) is 18.7. The van der Waals surface area contributed by atoms with Gasteiger partial charge in [0.2, 0.25) is 0 Å². The molecule has 0 spiro atoms. The highest BCUT2D eigenvalue weighted by atomic mass is 79.9. The quantitative estimate of drug-likeness (QED) is 0.371. The van der Waals surface area contributed by atoms with Crippen LogP contribution in [-0.2, 0) is 6.61 Å². The van der Waals surface area contributed by atoms with Crippen molar-refractivity contribution in [3.05, 3.63) is 98.5 Å². The lowest BCUT2D eigenvalue weighted by Gasteiger charge is -2.11.